The van der Waals surface area contributed by atoms with Crippen molar-refractivity contribution in [3.8, 4) is 22.6 Å². The summed E-state index contributed by atoms with van der Waals surface area (Å²) >= 11 is 0. The third-order valence-corrected chi connectivity index (χ3v) is 7.74. The van der Waals surface area contributed by atoms with Gasteiger partial charge in [-0.05, 0) is 53.4 Å². The Kier molecular flexibility index (Phi) is 8.82. The number of carbonyl (C=O) groups is 2. The van der Waals surface area contributed by atoms with Gasteiger partial charge < -0.3 is 23.8 Å². The van der Waals surface area contributed by atoms with Gasteiger partial charge in [0, 0.05) is 61.0 Å². The molecule has 7 heteroatoms. The van der Waals surface area contributed by atoms with E-state index in [1.807, 2.05) is 19.1 Å². The van der Waals surface area contributed by atoms with E-state index in [0.29, 0.717) is 17.2 Å². The van der Waals surface area contributed by atoms with Crippen LogP contribution in [0.4, 0.5) is 17.1 Å². The van der Waals surface area contributed by atoms with Gasteiger partial charge in [0.15, 0.2) is 0 Å². The zero-order valence-corrected chi connectivity index (χ0v) is 26.2. The van der Waals surface area contributed by atoms with E-state index in [1.165, 1.54) is 22.3 Å². The molecule has 0 aliphatic heterocycles. The number of aryl methyl sites for hydroxylation is 1. The van der Waals surface area contributed by atoms with Gasteiger partial charge in [-0.15, -0.1) is 0 Å². The van der Waals surface area contributed by atoms with Crippen LogP contribution < -0.4 is 14.4 Å². The highest BCUT2D eigenvalue weighted by atomic mass is 16.7. The van der Waals surface area contributed by atoms with Gasteiger partial charge in [-0.25, -0.2) is 9.59 Å². The van der Waals surface area contributed by atoms with E-state index >= 15 is 0 Å². The summed E-state index contributed by atoms with van der Waals surface area (Å²) in [5, 5.41) is 0. The summed E-state index contributed by atoms with van der Waals surface area (Å²) in [7, 11) is 0. The number of benzene rings is 4. The highest BCUT2D eigenvalue weighted by molar-refractivity contribution is 5.86. The normalized spacial score (nSPS) is 13.8. The molecule has 0 saturated carbocycles. The molecule has 0 radical (unpaired) electrons. The number of hydrogen-bond donors (Lipinski definition) is 0. The predicted octanol–water partition coefficient (Wildman–Crippen LogP) is 8.68. The molecule has 0 heterocycles. The lowest BCUT2D eigenvalue weighted by atomic mass is 9.82. The molecule has 0 amide bonds. The van der Waals surface area contributed by atoms with Crippen LogP contribution in [0.15, 0.2) is 110 Å². The third-order valence-electron chi connectivity index (χ3n) is 7.74. The monoisotopic (exact) mass is 603 g/mol. The maximum Gasteiger partial charge on any atom is 0.333 e. The van der Waals surface area contributed by atoms with Crippen LogP contribution in [0.2, 0.25) is 0 Å². The summed E-state index contributed by atoms with van der Waals surface area (Å²) in [5.41, 5.74) is 8.43. The SMILES string of the molecule is C=CC(=O)OC(C)Oc1cc(OC(C)OC(=O)C=C)cc(N(c2ccc(C)cc2)c2ccc3c(c2)C(C)(C)c2ccccc2-3)c1. The third kappa shape index (κ3) is 6.63. The van der Waals surface area contributed by atoms with Crippen LogP contribution in [-0.4, -0.2) is 24.5 Å². The Hall–Kier alpha value is -5.30. The van der Waals surface area contributed by atoms with Gasteiger partial charge in [0.05, 0.1) is 5.69 Å². The molecule has 5 rings (SSSR count). The highest BCUT2D eigenvalue weighted by Crippen LogP contribution is 2.50. The number of anilines is 3. The molecule has 0 fully saturated rings. The van der Waals surface area contributed by atoms with Gasteiger partial charge in [-0.2, -0.15) is 0 Å². The molecule has 1 aliphatic rings. The molecule has 0 spiro atoms. The van der Waals surface area contributed by atoms with Crippen LogP contribution in [0.1, 0.15) is 44.4 Å². The Labute approximate surface area is 264 Å². The molecule has 0 aromatic heterocycles. The molecule has 4 aromatic rings. The second-order valence-corrected chi connectivity index (χ2v) is 11.4. The van der Waals surface area contributed by atoms with Crippen LogP contribution in [0.25, 0.3) is 11.1 Å². The number of fused-ring (bicyclic) bond motifs is 3. The topological polar surface area (TPSA) is 74.3 Å². The minimum atomic E-state index is -0.915. The Bertz CT molecular complexity index is 1710. The standard InChI is InChI=1S/C38H37NO6/c1-8-36(40)44-25(4)42-30-20-29(21-31(23-30)43-26(5)45-37(41)9-2)39(27-16-14-24(3)15-17-27)28-18-19-33-32-12-10-11-13-34(32)38(6,7)35(33)22-28/h8-23,25-26H,1-2H2,3-7H3. The lowest BCUT2D eigenvalue weighted by Crippen LogP contribution is -2.21. The molecule has 7 nitrogen and oxygen atoms in total. The fraction of sp³-hybridized carbons (Fsp3) is 0.211. The second-order valence-electron chi connectivity index (χ2n) is 11.4. The van der Waals surface area contributed by atoms with Crippen LogP contribution in [0, 0.1) is 6.92 Å². The van der Waals surface area contributed by atoms with Crippen molar-refractivity contribution in [1.82, 2.24) is 0 Å². The Morgan fingerprint density at radius 1 is 0.689 bits per heavy atom. The summed E-state index contributed by atoms with van der Waals surface area (Å²) in [6.45, 7) is 16.7. The second kappa shape index (κ2) is 12.7. The quantitative estimate of drug-likeness (QED) is 0.0965. The molecule has 45 heavy (non-hydrogen) atoms. The lowest BCUT2D eigenvalue weighted by molar-refractivity contribution is -0.155. The fourth-order valence-electron chi connectivity index (χ4n) is 5.65. The summed E-state index contributed by atoms with van der Waals surface area (Å²) in [6.07, 6.45) is 0.323. The number of esters is 2. The van der Waals surface area contributed by atoms with Crippen molar-refractivity contribution in [3.05, 3.63) is 127 Å². The van der Waals surface area contributed by atoms with Gasteiger partial charge in [-0.3, -0.25) is 0 Å². The van der Waals surface area contributed by atoms with Crippen molar-refractivity contribution in [2.24, 2.45) is 0 Å². The van der Waals surface area contributed by atoms with Crippen LogP contribution in [0.3, 0.4) is 0 Å². The maximum atomic E-state index is 11.8. The Morgan fingerprint density at radius 2 is 1.22 bits per heavy atom. The van der Waals surface area contributed by atoms with Crippen LogP contribution in [-0.2, 0) is 24.5 Å². The minimum Gasteiger partial charge on any atom is -0.455 e. The van der Waals surface area contributed by atoms with Crippen molar-refractivity contribution in [1.29, 1.82) is 0 Å². The molecule has 0 saturated heterocycles. The number of ether oxygens (including phenoxy) is 4. The van der Waals surface area contributed by atoms with Crippen molar-refractivity contribution >= 4 is 29.0 Å². The highest BCUT2D eigenvalue weighted by Gasteiger charge is 2.35. The van der Waals surface area contributed by atoms with E-state index in [9.17, 15) is 9.59 Å². The Morgan fingerprint density at radius 3 is 1.80 bits per heavy atom. The fourth-order valence-corrected chi connectivity index (χ4v) is 5.65. The van der Waals surface area contributed by atoms with Crippen molar-refractivity contribution in [2.75, 3.05) is 4.90 Å². The molecule has 0 N–H and O–H groups in total. The first kappa shape index (κ1) is 31.1. The summed E-state index contributed by atoms with van der Waals surface area (Å²) in [6, 6.07) is 28.6. The summed E-state index contributed by atoms with van der Waals surface area (Å²) in [4.78, 5) is 25.8. The summed E-state index contributed by atoms with van der Waals surface area (Å²) in [5.74, 6) is -0.466. The largest absolute Gasteiger partial charge is 0.455 e. The van der Waals surface area contributed by atoms with E-state index in [1.54, 1.807) is 19.9 Å². The average molecular weight is 604 g/mol. The van der Waals surface area contributed by atoms with Gasteiger partial charge in [0.1, 0.15) is 11.5 Å². The predicted molar refractivity (Wildman–Crippen MR) is 176 cm³/mol. The van der Waals surface area contributed by atoms with Crippen molar-refractivity contribution < 1.29 is 28.5 Å². The molecule has 2 unspecified atom stereocenters. The molecule has 1 aliphatic carbocycles. The van der Waals surface area contributed by atoms with Gasteiger partial charge >= 0.3 is 11.9 Å². The van der Waals surface area contributed by atoms with Gasteiger partial charge in [-0.1, -0.05) is 75.0 Å². The van der Waals surface area contributed by atoms with Gasteiger partial charge in [0.25, 0.3) is 0 Å². The van der Waals surface area contributed by atoms with E-state index in [2.05, 4.69) is 98.6 Å². The summed E-state index contributed by atoms with van der Waals surface area (Å²) < 4.78 is 22.6. The molecule has 230 valence electrons. The number of hydrogen-bond acceptors (Lipinski definition) is 7. The Balaban J connectivity index is 1.63. The first-order chi connectivity index (χ1) is 21.5. The maximum absolute atomic E-state index is 11.8. The van der Waals surface area contributed by atoms with Gasteiger partial charge in [0.2, 0.25) is 12.6 Å². The minimum absolute atomic E-state index is 0.199. The molecule has 0 bridgehead atoms. The van der Waals surface area contributed by atoms with Crippen LogP contribution in [0.5, 0.6) is 11.5 Å². The molecule has 2 atom stereocenters. The number of carbonyl (C=O) groups excluding carboxylic acids is 2. The zero-order chi connectivity index (χ0) is 32.3. The first-order valence-corrected chi connectivity index (χ1v) is 14.8. The smallest absolute Gasteiger partial charge is 0.333 e. The zero-order valence-electron chi connectivity index (χ0n) is 26.2. The molecule has 4 aromatic carbocycles. The van der Waals surface area contributed by atoms with Crippen LogP contribution >= 0.6 is 0 Å². The number of rotatable bonds is 11. The van der Waals surface area contributed by atoms with E-state index < -0.39 is 24.5 Å². The van der Waals surface area contributed by atoms with E-state index in [4.69, 9.17) is 18.9 Å². The molecular formula is C38H37NO6. The molecular weight excluding hydrogens is 566 g/mol. The van der Waals surface area contributed by atoms with Crippen molar-refractivity contribution in [3.63, 3.8) is 0 Å². The number of nitrogens with zero attached hydrogens (tertiary/aromatic N) is 1. The van der Waals surface area contributed by atoms with E-state index in [0.717, 1.165) is 29.1 Å². The van der Waals surface area contributed by atoms with Crippen molar-refractivity contribution in [2.45, 2.75) is 52.6 Å². The average Bonchev–Trinajstić information content (AvgIpc) is 3.24. The first-order valence-electron chi connectivity index (χ1n) is 14.8. The van der Waals surface area contributed by atoms with E-state index in [-0.39, 0.29) is 5.41 Å². The lowest BCUT2D eigenvalue weighted by Gasteiger charge is -2.29.